The average Bonchev–Trinajstić information content (AvgIpc) is 3.25. The molecule has 3 aromatic rings. The van der Waals surface area contributed by atoms with Crippen molar-refractivity contribution in [2.45, 2.75) is 65.0 Å². The number of benzene rings is 1. The fourth-order valence-electron chi connectivity index (χ4n) is 4.31. The van der Waals surface area contributed by atoms with Gasteiger partial charge in [-0.15, -0.1) is 0 Å². The van der Waals surface area contributed by atoms with Gasteiger partial charge in [-0.25, -0.2) is 0 Å². The second-order valence-electron chi connectivity index (χ2n) is 8.51. The van der Waals surface area contributed by atoms with E-state index in [1.54, 1.807) is 12.3 Å². The number of aromatic nitrogens is 3. The van der Waals surface area contributed by atoms with Gasteiger partial charge in [-0.05, 0) is 61.4 Å². The van der Waals surface area contributed by atoms with E-state index in [9.17, 15) is 9.90 Å². The summed E-state index contributed by atoms with van der Waals surface area (Å²) >= 11 is 0. The summed E-state index contributed by atoms with van der Waals surface area (Å²) in [6.45, 7) is 7.48. The van der Waals surface area contributed by atoms with E-state index < -0.39 is 0 Å². The molecule has 1 aliphatic carbocycles. The molecule has 1 atom stereocenters. The van der Waals surface area contributed by atoms with Gasteiger partial charge in [0.25, 0.3) is 0 Å². The number of phenolic OH excluding ortho intramolecular Hbond substituents is 1. The van der Waals surface area contributed by atoms with E-state index in [0.29, 0.717) is 12.5 Å². The zero-order chi connectivity index (χ0) is 22.0. The highest BCUT2D eigenvalue weighted by Gasteiger charge is 2.32. The van der Waals surface area contributed by atoms with Crippen LogP contribution in [-0.2, 0) is 24.3 Å². The molecule has 0 aliphatic heterocycles. The lowest BCUT2D eigenvalue weighted by Gasteiger charge is -2.31. The van der Waals surface area contributed by atoms with Crippen molar-refractivity contribution >= 4 is 11.6 Å². The summed E-state index contributed by atoms with van der Waals surface area (Å²) in [4.78, 5) is 20.3. The molecule has 162 valence electrons. The standard InChI is InChI=1S/C25H30N4O2/c1-4-28-15-18(13-27-28)16-29(19-11-12-23(17(2)3)26-14-19)25(31)22-9-5-8-21-20(22)7-6-10-24(21)30/h6-7,10-15,17,22,30H,4-5,8-9,16H2,1-3H3. The van der Waals surface area contributed by atoms with Crippen LogP contribution in [0.1, 0.15) is 67.8 Å². The van der Waals surface area contributed by atoms with Crippen molar-refractivity contribution in [3.05, 3.63) is 71.3 Å². The van der Waals surface area contributed by atoms with E-state index in [2.05, 4.69) is 23.9 Å². The number of aryl methyl sites for hydroxylation is 1. The van der Waals surface area contributed by atoms with Crippen molar-refractivity contribution < 1.29 is 9.90 Å². The molecule has 1 aromatic carbocycles. The van der Waals surface area contributed by atoms with Crippen LogP contribution in [0.3, 0.4) is 0 Å². The highest BCUT2D eigenvalue weighted by Crippen LogP contribution is 2.38. The molecule has 1 N–H and O–H groups in total. The first-order valence-corrected chi connectivity index (χ1v) is 11.1. The van der Waals surface area contributed by atoms with Gasteiger partial charge in [0, 0.05) is 24.0 Å². The maximum atomic E-state index is 13.9. The fourth-order valence-corrected chi connectivity index (χ4v) is 4.31. The van der Waals surface area contributed by atoms with Gasteiger partial charge in [0.1, 0.15) is 5.75 Å². The Labute approximate surface area is 183 Å². The van der Waals surface area contributed by atoms with Gasteiger partial charge in [-0.3, -0.25) is 14.5 Å². The number of rotatable bonds is 6. The molecular weight excluding hydrogens is 388 g/mol. The van der Waals surface area contributed by atoms with Gasteiger partial charge >= 0.3 is 0 Å². The number of hydrogen-bond donors (Lipinski definition) is 1. The predicted molar refractivity (Wildman–Crippen MR) is 121 cm³/mol. The van der Waals surface area contributed by atoms with Crippen LogP contribution >= 0.6 is 0 Å². The number of carbonyl (C=O) groups is 1. The molecule has 2 heterocycles. The Morgan fingerprint density at radius 3 is 2.77 bits per heavy atom. The summed E-state index contributed by atoms with van der Waals surface area (Å²) in [6, 6.07) is 9.49. The smallest absolute Gasteiger partial charge is 0.234 e. The van der Waals surface area contributed by atoms with Crippen molar-refractivity contribution in [2.75, 3.05) is 4.90 Å². The number of aromatic hydroxyl groups is 1. The molecule has 0 saturated carbocycles. The molecule has 6 nitrogen and oxygen atoms in total. The Kier molecular flexibility index (Phi) is 6.07. The number of amides is 1. The zero-order valence-electron chi connectivity index (χ0n) is 18.5. The Hall–Kier alpha value is -3.15. The van der Waals surface area contributed by atoms with E-state index in [4.69, 9.17) is 0 Å². The highest BCUT2D eigenvalue weighted by molar-refractivity contribution is 5.98. The third kappa shape index (κ3) is 4.33. The van der Waals surface area contributed by atoms with E-state index in [0.717, 1.165) is 53.9 Å². The number of hydrogen-bond acceptors (Lipinski definition) is 4. The first kappa shape index (κ1) is 21.1. The van der Waals surface area contributed by atoms with E-state index in [-0.39, 0.29) is 17.6 Å². The van der Waals surface area contributed by atoms with Gasteiger partial charge in [0.05, 0.1) is 30.5 Å². The van der Waals surface area contributed by atoms with Gasteiger partial charge in [0.15, 0.2) is 0 Å². The van der Waals surface area contributed by atoms with Crippen LogP contribution in [0, 0.1) is 0 Å². The minimum Gasteiger partial charge on any atom is -0.508 e. The maximum Gasteiger partial charge on any atom is 0.234 e. The third-order valence-corrected chi connectivity index (χ3v) is 6.07. The van der Waals surface area contributed by atoms with Crippen LogP contribution < -0.4 is 4.90 Å². The Morgan fingerprint density at radius 2 is 2.10 bits per heavy atom. The molecule has 0 spiro atoms. The number of nitrogens with zero attached hydrogens (tertiary/aromatic N) is 4. The Balaban J connectivity index is 1.70. The largest absolute Gasteiger partial charge is 0.508 e. The Morgan fingerprint density at radius 1 is 1.26 bits per heavy atom. The average molecular weight is 419 g/mol. The van der Waals surface area contributed by atoms with Crippen molar-refractivity contribution in [1.29, 1.82) is 0 Å². The fraction of sp³-hybridized carbons (Fsp3) is 0.400. The molecule has 1 unspecified atom stereocenters. The number of carbonyl (C=O) groups excluding carboxylic acids is 1. The van der Waals surface area contributed by atoms with Gasteiger partial charge in [-0.1, -0.05) is 26.0 Å². The summed E-state index contributed by atoms with van der Waals surface area (Å²) in [5, 5.41) is 14.7. The molecule has 6 heteroatoms. The molecule has 0 saturated heterocycles. The van der Waals surface area contributed by atoms with Crippen LogP contribution in [0.25, 0.3) is 0 Å². The highest BCUT2D eigenvalue weighted by atomic mass is 16.3. The van der Waals surface area contributed by atoms with Crippen molar-refractivity contribution in [3.63, 3.8) is 0 Å². The topological polar surface area (TPSA) is 71.2 Å². The minimum absolute atomic E-state index is 0.0369. The van der Waals surface area contributed by atoms with Gasteiger partial charge in [-0.2, -0.15) is 5.10 Å². The maximum absolute atomic E-state index is 13.9. The molecule has 0 bridgehead atoms. The number of fused-ring (bicyclic) bond motifs is 1. The molecule has 0 radical (unpaired) electrons. The molecule has 31 heavy (non-hydrogen) atoms. The minimum atomic E-state index is -0.276. The van der Waals surface area contributed by atoms with Crippen LogP contribution in [0.4, 0.5) is 5.69 Å². The lowest BCUT2D eigenvalue weighted by Crippen LogP contribution is -2.36. The van der Waals surface area contributed by atoms with Crippen molar-refractivity contribution in [1.82, 2.24) is 14.8 Å². The SMILES string of the molecule is CCn1cc(CN(C(=O)C2CCCc3c(O)cccc32)c2ccc(C(C)C)nc2)cn1. The number of anilines is 1. The summed E-state index contributed by atoms with van der Waals surface area (Å²) in [5.74, 6) is 0.375. The van der Waals surface area contributed by atoms with Crippen LogP contribution in [0.5, 0.6) is 5.75 Å². The second-order valence-corrected chi connectivity index (χ2v) is 8.51. The summed E-state index contributed by atoms with van der Waals surface area (Å²) in [6.07, 6.45) is 8.06. The van der Waals surface area contributed by atoms with Crippen molar-refractivity contribution in [3.8, 4) is 5.75 Å². The van der Waals surface area contributed by atoms with E-state index in [1.807, 2.05) is 53.2 Å². The van der Waals surface area contributed by atoms with Crippen LogP contribution in [0.15, 0.2) is 48.9 Å². The quantitative estimate of drug-likeness (QED) is 0.625. The normalized spacial score (nSPS) is 15.7. The van der Waals surface area contributed by atoms with Crippen molar-refractivity contribution in [2.24, 2.45) is 0 Å². The summed E-state index contributed by atoms with van der Waals surface area (Å²) in [7, 11) is 0. The predicted octanol–water partition coefficient (Wildman–Crippen LogP) is 4.78. The van der Waals surface area contributed by atoms with Gasteiger partial charge < -0.3 is 10.0 Å². The van der Waals surface area contributed by atoms with Crippen LogP contribution in [0.2, 0.25) is 0 Å². The first-order valence-electron chi connectivity index (χ1n) is 11.1. The molecule has 0 fully saturated rings. The lowest BCUT2D eigenvalue weighted by atomic mass is 9.81. The molecule has 4 rings (SSSR count). The van der Waals surface area contributed by atoms with E-state index in [1.165, 1.54) is 0 Å². The van der Waals surface area contributed by atoms with E-state index >= 15 is 0 Å². The summed E-state index contributed by atoms with van der Waals surface area (Å²) in [5.41, 5.74) is 4.61. The van der Waals surface area contributed by atoms with Gasteiger partial charge in [0.2, 0.25) is 5.91 Å². The lowest BCUT2D eigenvalue weighted by molar-refractivity contribution is -0.120. The zero-order valence-corrected chi connectivity index (χ0v) is 18.5. The third-order valence-electron chi connectivity index (χ3n) is 6.07. The molecule has 1 aliphatic rings. The number of pyridine rings is 1. The first-order chi connectivity index (χ1) is 15.0. The Bertz CT molecular complexity index is 1060. The second kappa shape index (κ2) is 8.92. The molecular formula is C25H30N4O2. The van der Waals surface area contributed by atoms with Crippen LogP contribution in [-0.4, -0.2) is 25.8 Å². The molecule has 2 aromatic heterocycles. The summed E-state index contributed by atoms with van der Waals surface area (Å²) < 4.78 is 1.87. The monoisotopic (exact) mass is 418 g/mol. The number of phenols is 1. The molecule has 1 amide bonds.